The number of thiocarbonyl (C=S) groups is 1. The van der Waals surface area contributed by atoms with Crippen molar-refractivity contribution in [1.82, 2.24) is 4.31 Å². The van der Waals surface area contributed by atoms with Crippen molar-refractivity contribution in [2.45, 2.75) is 31.6 Å². The predicted molar refractivity (Wildman–Crippen MR) is 80.4 cm³/mol. The molecule has 0 bridgehead atoms. The zero-order chi connectivity index (χ0) is 14.0. The number of nitrogens with two attached hydrogens (primary N) is 1. The van der Waals surface area contributed by atoms with Gasteiger partial charge in [-0.3, -0.25) is 0 Å². The van der Waals surface area contributed by atoms with Gasteiger partial charge in [0, 0.05) is 18.2 Å². The summed E-state index contributed by atoms with van der Waals surface area (Å²) in [6.45, 7) is 2.39. The topological polar surface area (TPSA) is 63.4 Å². The highest BCUT2D eigenvalue weighted by Crippen LogP contribution is 2.30. The maximum atomic E-state index is 12.4. The van der Waals surface area contributed by atoms with Gasteiger partial charge >= 0.3 is 0 Å². The van der Waals surface area contributed by atoms with E-state index in [-0.39, 0.29) is 16.8 Å². The fourth-order valence-corrected chi connectivity index (χ4v) is 4.28. The summed E-state index contributed by atoms with van der Waals surface area (Å²) in [4.78, 5) is 0.236. The highest BCUT2D eigenvalue weighted by atomic mass is 32.2. The molecule has 1 aliphatic rings. The van der Waals surface area contributed by atoms with E-state index in [1.807, 2.05) is 13.0 Å². The van der Waals surface area contributed by atoms with Gasteiger partial charge in [0.15, 0.2) is 0 Å². The monoisotopic (exact) mass is 298 g/mol. The average molecular weight is 298 g/mol. The molecule has 0 unspecified atom stereocenters. The molecule has 0 aliphatic heterocycles. The summed E-state index contributed by atoms with van der Waals surface area (Å²) >= 11 is 4.97. The Balaban J connectivity index is 2.27. The van der Waals surface area contributed by atoms with E-state index in [1.54, 1.807) is 22.5 Å². The highest BCUT2D eigenvalue weighted by molar-refractivity contribution is 7.88. The first-order valence-electron chi connectivity index (χ1n) is 6.33. The Labute approximate surface area is 119 Å². The Morgan fingerprint density at radius 3 is 2.58 bits per heavy atom. The van der Waals surface area contributed by atoms with Crippen LogP contribution in [0.5, 0.6) is 0 Å². The molecule has 1 saturated carbocycles. The summed E-state index contributed by atoms with van der Waals surface area (Å²) in [5, 5.41) is 0. The second-order valence-electron chi connectivity index (χ2n) is 4.71. The van der Waals surface area contributed by atoms with Gasteiger partial charge in [-0.15, -0.1) is 0 Å². The lowest BCUT2D eigenvalue weighted by atomic mass is 10.1. The standard InChI is InChI=1S/C13H18N2O2S2/c1-2-15(11-7-8-11)19(16,17)9-10-5-3-4-6-12(10)13(14)18/h3-6,11H,2,7-9H2,1H3,(H2,14,18). The molecule has 2 rings (SSSR count). The first kappa shape index (κ1) is 14.4. The zero-order valence-electron chi connectivity index (χ0n) is 10.9. The molecule has 0 radical (unpaired) electrons. The van der Waals surface area contributed by atoms with Gasteiger partial charge in [0.05, 0.1) is 5.75 Å². The fraction of sp³-hybridized carbons (Fsp3) is 0.462. The van der Waals surface area contributed by atoms with Crippen molar-refractivity contribution in [3.8, 4) is 0 Å². The number of rotatable bonds is 6. The highest BCUT2D eigenvalue weighted by Gasteiger charge is 2.36. The molecule has 0 spiro atoms. The second-order valence-corrected chi connectivity index (χ2v) is 7.07. The Morgan fingerprint density at radius 1 is 1.42 bits per heavy atom. The van der Waals surface area contributed by atoms with Crippen LogP contribution in [0.2, 0.25) is 0 Å². The third kappa shape index (κ3) is 3.32. The van der Waals surface area contributed by atoms with Crippen LogP contribution in [-0.2, 0) is 15.8 Å². The van der Waals surface area contributed by atoms with E-state index < -0.39 is 10.0 Å². The molecule has 0 saturated heterocycles. The summed E-state index contributed by atoms with van der Waals surface area (Å²) in [5.41, 5.74) is 6.96. The van der Waals surface area contributed by atoms with Crippen molar-refractivity contribution >= 4 is 27.2 Å². The zero-order valence-corrected chi connectivity index (χ0v) is 12.5. The van der Waals surface area contributed by atoms with Gasteiger partial charge in [-0.05, 0) is 18.4 Å². The normalized spacial score (nSPS) is 15.7. The van der Waals surface area contributed by atoms with Gasteiger partial charge in [0.2, 0.25) is 10.0 Å². The van der Waals surface area contributed by atoms with Crippen LogP contribution in [0.4, 0.5) is 0 Å². The van der Waals surface area contributed by atoms with E-state index in [4.69, 9.17) is 18.0 Å². The van der Waals surface area contributed by atoms with Crippen molar-refractivity contribution < 1.29 is 8.42 Å². The third-order valence-electron chi connectivity index (χ3n) is 3.24. The lowest BCUT2D eigenvalue weighted by Gasteiger charge is -2.20. The number of hydrogen-bond acceptors (Lipinski definition) is 3. The summed E-state index contributed by atoms with van der Waals surface area (Å²) in [5.74, 6) is -0.0369. The minimum Gasteiger partial charge on any atom is -0.389 e. The van der Waals surface area contributed by atoms with Crippen LogP contribution in [0.15, 0.2) is 24.3 Å². The van der Waals surface area contributed by atoms with E-state index >= 15 is 0 Å². The molecule has 1 aromatic rings. The molecular weight excluding hydrogens is 280 g/mol. The summed E-state index contributed by atoms with van der Waals surface area (Å²) in [6.07, 6.45) is 1.92. The van der Waals surface area contributed by atoms with E-state index in [0.29, 0.717) is 17.7 Å². The molecule has 0 aromatic heterocycles. The van der Waals surface area contributed by atoms with Gasteiger partial charge in [0.25, 0.3) is 0 Å². The minimum atomic E-state index is -3.30. The molecule has 6 heteroatoms. The summed E-state index contributed by atoms with van der Waals surface area (Å²) in [7, 11) is -3.30. The van der Waals surface area contributed by atoms with E-state index in [0.717, 1.165) is 12.8 Å². The Morgan fingerprint density at radius 2 is 2.05 bits per heavy atom. The maximum absolute atomic E-state index is 12.4. The van der Waals surface area contributed by atoms with Gasteiger partial charge in [0.1, 0.15) is 4.99 Å². The van der Waals surface area contributed by atoms with Gasteiger partial charge in [-0.2, -0.15) is 4.31 Å². The van der Waals surface area contributed by atoms with Crippen LogP contribution in [0, 0.1) is 0 Å². The third-order valence-corrected chi connectivity index (χ3v) is 5.41. The van der Waals surface area contributed by atoms with Crippen LogP contribution in [0.25, 0.3) is 0 Å². The average Bonchev–Trinajstić information content (AvgIpc) is 3.13. The van der Waals surface area contributed by atoms with Crippen LogP contribution in [0.1, 0.15) is 30.9 Å². The smallest absolute Gasteiger partial charge is 0.218 e. The first-order valence-corrected chi connectivity index (χ1v) is 8.34. The molecule has 1 aliphatic carbocycles. The molecular formula is C13H18N2O2S2. The Bertz CT molecular complexity index is 580. The molecule has 0 amide bonds. The van der Waals surface area contributed by atoms with Crippen molar-refractivity contribution in [2.24, 2.45) is 5.73 Å². The van der Waals surface area contributed by atoms with E-state index in [1.165, 1.54) is 0 Å². The number of benzene rings is 1. The molecule has 4 nitrogen and oxygen atoms in total. The van der Waals surface area contributed by atoms with Crippen molar-refractivity contribution in [3.05, 3.63) is 35.4 Å². The largest absolute Gasteiger partial charge is 0.389 e. The molecule has 1 aromatic carbocycles. The van der Waals surface area contributed by atoms with Crippen molar-refractivity contribution in [3.63, 3.8) is 0 Å². The second kappa shape index (κ2) is 5.56. The van der Waals surface area contributed by atoms with E-state index in [9.17, 15) is 8.42 Å². The lowest BCUT2D eigenvalue weighted by molar-refractivity contribution is 0.420. The summed E-state index contributed by atoms with van der Waals surface area (Å²) in [6, 6.07) is 7.34. The number of sulfonamides is 1. The maximum Gasteiger partial charge on any atom is 0.218 e. The quantitative estimate of drug-likeness (QED) is 0.811. The molecule has 0 atom stereocenters. The van der Waals surface area contributed by atoms with Crippen LogP contribution < -0.4 is 5.73 Å². The molecule has 1 fully saturated rings. The number of hydrogen-bond donors (Lipinski definition) is 1. The van der Waals surface area contributed by atoms with Crippen molar-refractivity contribution in [2.75, 3.05) is 6.54 Å². The summed E-state index contributed by atoms with van der Waals surface area (Å²) < 4.78 is 26.4. The van der Waals surface area contributed by atoms with Crippen LogP contribution >= 0.6 is 12.2 Å². The van der Waals surface area contributed by atoms with Crippen LogP contribution in [0.3, 0.4) is 0 Å². The Kier molecular flexibility index (Phi) is 4.23. The Hall–Kier alpha value is -0.980. The molecule has 2 N–H and O–H groups in total. The predicted octanol–water partition coefficient (Wildman–Crippen LogP) is 1.63. The van der Waals surface area contributed by atoms with Gasteiger partial charge in [-0.1, -0.05) is 43.4 Å². The van der Waals surface area contributed by atoms with E-state index in [2.05, 4.69) is 0 Å². The first-order chi connectivity index (χ1) is 8.95. The van der Waals surface area contributed by atoms with Gasteiger partial charge in [-0.25, -0.2) is 8.42 Å². The SMILES string of the molecule is CCN(C1CC1)S(=O)(=O)Cc1ccccc1C(N)=S. The molecule has 19 heavy (non-hydrogen) atoms. The van der Waals surface area contributed by atoms with Crippen molar-refractivity contribution in [1.29, 1.82) is 0 Å². The number of nitrogens with zero attached hydrogens (tertiary/aromatic N) is 1. The fourth-order valence-electron chi connectivity index (χ4n) is 2.21. The minimum absolute atomic E-state index is 0.0369. The lowest BCUT2D eigenvalue weighted by Crippen LogP contribution is -2.34. The van der Waals surface area contributed by atoms with Crippen LogP contribution in [-0.4, -0.2) is 30.3 Å². The molecule has 0 heterocycles. The molecule has 104 valence electrons. The van der Waals surface area contributed by atoms with Gasteiger partial charge < -0.3 is 5.73 Å².